The number of hydrogen-bond donors (Lipinski definition) is 1. The molecule has 0 saturated carbocycles. The summed E-state index contributed by atoms with van der Waals surface area (Å²) in [6, 6.07) is 2.19. The van der Waals surface area contributed by atoms with Crippen LogP contribution in [0.5, 0.6) is 0 Å². The van der Waals surface area contributed by atoms with Crippen molar-refractivity contribution < 1.29 is 4.74 Å². The molecule has 2 rings (SSSR count). The topological polar surface area (TPSA) is 24.5 Å². The van der Waals surface area contributed by atoms with Gasteiger partial charge >= 0.3 is 0 Å². The van der Waals surface area contributed by atoms with Crippen LogP contribution in [0.4, 0.5) is 0 Å². The van der Waals surface area contributed by atoms with Crippen molar-refractivity contribution in [3.05, 3.63) is 0 Å². The lowest BCUT2D eigenvalue weighted by Crippen LogP contribution is -2.57. The average Bonchev–Trinajstić information content (AvgIpc) is 2.36. The maximum Gasteiger partial charge on any atom is 0.0480 e. The van der Waals surface area contributed by atoms with E-state index in [1.165, 1.54) is 25.8 Å². The number of rotatable bonds is 3. The van der Waals surface area contributed by atoms with Gasteiger partial charge in [0.05, 0.1) is 0 Å². The Morgan fingerprint density at radius 1 is 1.18 bits per heavy atom. The Morgan fingerprint density at radius 3 is 2.53 bits per heavy atom. The van der Waals surface area contributed by atoms with Crippen LogP contribution in [-0.4, -0.2) is 49.3 Å². The Balaban J connectivity index is 1.92. The van der Waals surface area contributed by atoms with Gasteiger partial charge in [0.2, 0.25) is 0 Å². The SMILES string of the molecule is CCNC1CCN(C2CCOCC2)C(C)C1C. The normalized spacial score (nSPS) is 37.2. The highest BCUT2D eigenvalue weighted by atomic mass is 16.5. The molecule has 3 heteroatoms. The van der Waals surface area contributed by atoms with E-state index in [2.05, 4.69) is 31.0 Å². The molecular formula is C14H28N2O. The lowest BCUT2D eigenvalue weighted by Gasteiger charge is -2.47. The Hall–Kier alpha value is -0.120. The fourth-order valence-electron chi connectivity index (χ4n) is 3.47. The van der Waals surface area contributed by atoms with Crippen molar-refractivity contribution in [3.8, 4) is 0 Å². The fraction of sp³-hybridized carbons (Fsp3) is 1.00. The molecule has 2 aliphatic rings. The highest BCUT2D eigenvalue weighted by molar-refractivity contribution is 4.91. The molecule has 3 unspecified atom stereocenters. The molecule has 0 aliphatic carbocycles. The van der Waals surface area contributed by atoms with Crippen LogP contribution in [0.2, 0.25) is 0 Å². The summed E-state index contributed by atoms with van der Waals surface area (Å²) >= 11 is 0. The van der Waals surface area contributed by atoms with E-state index in [4.69, 9.17) is 4.74 Å². The van der Waals surface area contributed by atoms with Gasteiger partial charge in [0.1, 0.15) is 0 Å². The highest BCUT2D eigenvalue weighted by Gasteiger charge is 2.35. The summed E-state index contributed by atoms with van der Waals surface area (Å²) in [5, 5.41) is 3.64. The first kappa shape index (κ1) is 13.3. The second-order valence-corrected chi connectivity index (χ2v) is 5.63. The predicted octanol–water partition coefficient (Wildman–Crippen LogP) is 1.87. The molecule has 3 nitrogen and oxygen atoms in total. The fourth-order valence-corrected chi connectivity index (χ4v) is 3.47. The van der Waals surface area contributed by atoms with E-state index in [1.807, 2.05) is 0 Å². The number of ether oxygens (including phenoxy) is 1. The minimum Gasteiger partial charge on any atom is -0.381 e. The van der Waals surface area contributed by atoms with E-state index in [-0.39, 0.29) is 0 Å². The molecule has 2 saturated heterocycles. The van der Waals surface area contributed by atoms with Crippen molar-refractivity contribution >= 4 is 0 Å². The summed E-state index contributed by atoms with van der Waals surface area (Å²) < 4.78 is 5.47. The van der Waals surface area contributed by atoms with E-state index < -0.39 is 0 Å². The standard InChI is InChI=1S/C14H28N2O/c1-4-15-14-5-8-16(12(3)11(14)2)13-6-9-17-10-7-13/h11-15H,4-10H2,1-3H3. The molecule has 1 N–H and O–H groups in total. The van der Waals surface area contributed by atoms with Crippen LogP contribution in [0.3, 0.4) is 0 Å². The first-order valence-electron chi connectivity index (χ1n) is 7.31. The van der Waals surface area contributed by atoms with Crippen molar-refractivity contribution in [3.63, 3.8) is 0 Å². The molecule has 2 heterocycles. The zero-order valence-corrected chi connectivity index (χ0v) is 11.6. The monoisotopic (exact) mass is 240 g/mol. The molecule has 0 radical (unpaired) electrons. The molecule has 3 atom stereocenters. The summed E-state index contributed by atoms with van der Waals surface area (Å²) in [6.45, 7) is 11.3. The number of nitrogens with zero attached hydrogens (tertiary/aromatic N) is 1. The summed E-state index contributed by atoms with van der Waals surface area (Å²) in [4.78, 5) is 2.74. The largest absolute Gasteiger partial charge is 0.381 e. The zero-order chi connectivity index (χ0) is 12.3. The van der Waals surface area contributed by atoms with Gasteiger partial charge in [-0.1, -0.05) is 13.8 Å². The lowest BCUT2D eigenvalue weighted by atomic mass is 9.85. The summed E-state index contributed by atoms with van der Waals surface area (Å²) in [6.07, 6.45) is 3.75. The van der Waals surface area contributed by atoms with Gasteiger partial charge in [-0.15, -0.1) is 0 Å². The lowest BCUT2D eigenvalue weighted by molar-refractivity contribution is -0.0130. The van der Waals surface area contributed by atoms with Crippen molar-refractivity contribution in [1.82, 2.24) is 10.2 Å². The van der Waals surface area contributed by atoms with E-state index in [1.54, 1.807) is 0 Å². The molecular weight excluding hydrogens is 212 g/mol. The highest BCUT2D eigenvalue weighted by Crippen LogP contribution is 2.28. The van der Waals surface area contributed by atoms with Gasteiger partial charge in [0.25, 0.3) is 0 Å². The Labute approximate surface area is 106 Å². The Kier molecular flexibility index (Phi) is 4.83. The molecule has 0 bridgehead atoms. The minimum absolute atomic E-state index is 0.705. The summed E-state index contributed by atoms with van der Waals surface area (Å²) in [5.74, 6) is 0.756. The second-order valence-electron chi connectivity index (χ2n) is 5.63. The third kappa shape index (κ3) is 3.01. The van der Waals surface area contributed by atoms with Crippen LogP contribution in [0.25, 0.3) is 0 Å². The van der Waals surface area contributed by atoms with E-state index in [0.29, 0.717) is 12.1 Å². The number of nitrogens with one attached hydrogen (secondary N) is 1. The molecule has 0 spiro atoms. The second kappa shape index (κ2) is 6.17. The summed E-state index contributed by atoms with van der Waals surface area (Å²) in [7, 11) is 0. The first-order chi connectivity index (χ1) is 8.24. The van der Waals surface area contributed by atoms with Gasteiger partial charge in [-0.2, -0.15) is 0 Å². The third-order valence-corrected chi connectivity index (χ3v) is 4.74. The molecule has 0 amide bonds. The zero-order valence-electron chi connectivity index (χ0n) is 11.6. The maximum atomic E-state index is 5.47. The first-order valence-corrected chi connectivity index (χ1v) is 7.31. The van der Waals surface area contributed by atoms with Crippen molar-refractivity contribution in [2.45, 2.75) is 58.2 Å². The van der Waals surface area contributed by atoms with E-state index in [9.17, 15) is 0 Å². The van der Waals surface area contributed by atoms with Crippen LogP contribution >= 0.6 is 0 Å². The van der Waals surface area contributed by atoms with Crippen LogP contribution in [0, 0.1) is 5.92 Å². The predicted molar refractivity (Wildman–Crippen MR) is 71.3 cm³/mol. The number of likely N-dealkylation sites (tertiary alicyclic amines) is 1. The quantitative estimate of drug-likeness (QED) is 0.815. The van der Waals surface area contributed by atoms with E-state index >= 15 is 0 Å². The van der Waals surface area contributed by atoms with Crippen LogP contribution in [0.1, 0.15) is 40.0 Å². The minimum atomic E-state index is 0.705. The van der Waals surface area contributed by atoms with Gasteiger partial charge in [0.15, 0.2) is 0 Å². The smallest absolute Gasteiger partial charge is 0.0480 e. The van der Waals surface area contributed by atoms with Gasteiger partial charge in [0, 0.05) is 37.9 Å². The molecule has 0 aromatic rings. The average molecular weight is 240 g/mol. The van der Waals surface area contributed by atoms with Gasteiger partial charge < -0.3 is 10.1 Å². The Bertz CT molecular complexity index is 228. The molecule has 0 aromatic carbocycles. The maximum absolute atomic E-state index is 5.47. The molecule has 0 aromatic heterocycles. The third-order valence-electron chi connectivity index (χ3n) is 4.74. The van der Waals surface area contributed by atoms with Crippen molar-refractivity contribution in [1.29, 1.82) is 0 Å². The molecule has 17 heavy (non-hydrogen) atoms. The molecule has 2 aliphatic heterocycles. The molecule has 100 valence electrons. The van der Waals surface area contributed by atoms with Gasteiger partial charge in [-0.25, -0.2) is 0 Å². The van der Waals surface area contributed by atoms with Gasteiger partial charge in [-0.05, 0) is 38.6 Å². The van der Waals surface area contributed by atoms with Crippen molar-refractivity contribution in [2.24, 2.45) is 5.92 Å². The Morgan fingerprint density at radius 2 is 1.88 bits per heavy atom. The van der Waals surface area contributed by atoms with E-state index in [0.717, 1.165) is 31.7 Å². The van der Waals surface area contributed by atoms with Crippen molar-refractivity contribution in [2.75, 3.05) is 26.3 Å². The van der Waals surface area contributed by atoms with Crippen LogP contribution < -0.4 is 5.32 Å². The van der Waals surface area contributed by atoms with Crippen LogP contribution in [0.15, 0.2) is 0 Å². The number of piperidine rings is 1. The van der Waals surface area contributed by atoms with Gasteiger partial charge in [-0.3, -0.25) is 4.90 Å². The molecule has 2 fully saturated rings. The summed E-state index contributed by atoms with van der Waals surface area (Å²) in [5.41, 5.74) is 0. The number of hydrogen-bond acceptors (Lipinski definition) is 3. The van der Waals surface area contributed by atoms with Crippen LogP contribution in [-0.2, 0) is 4.74 Å².